The first kappa shape index (κ1) is 37.8. The minimum absolute atomic E-state index is 0. The zero-order valence-electron chi connectivity index (χ0n) is 20.7. The van der Waals surface area contributed by atoms with Crippen LogP contribution in [0.2, 0.25) is 0 Å². The summed E-state index contributed by atoms with van der Waals surface area (Å²) in [6.45, 7) is 4.75. The Morgan fingerprint density at radius 1 is 1.08 bits per heavy atom. The third-order valence-corrected chi connectivity index (χ3v) is 6.40. The minimum atomic E-state index is -4.92. The van der Waals surface area contributed by atoms with Crippen LogP contribution >= 0.6 is 12.0 Å². The second kappa shape index (κ2) is 16.9. The van der Waals surface area contributed by atoms with Crippen LogP contribution in [0.1, 0.15) is 6.92 Å². The average Bonchev–Trinajstić information content (AvgIpc) is 2.81. The Hall–Kier alpha value is -1.16. The van der Waals surface area contributed by atoms with Crippen LogP contribution in [-0.2, 0) is 34.4 Å². The molecule has 0 radical (unpaired) electrons. The molecule has 0 saturated heterocycles. The van der Waals surface area contributed by atoms with Crippen LogP contribution in [0.5, 0.6) is 5.75 Å². The van der Waals surface area contributed by atoms with Gasteiger partial charge in [0, 0.05) is 18.0 Å². The van der Waals surface area contributed by atoms with E-state index in [4.69, 9.17) is 17.5 Å². The number of aromatic hydroxyl groups is 1. The number of hydrogen-bond acceptors (Lipinski definition) is 13. The molecule has 14 nitrogen and oxygen atoms in total. The number of carbonyl (C=O) groups excluding carboxylic acids is 1. The zero-order chi connectivity index (χ0) is 27.8. The van der Waals surface area contributed by atoms with Gasteiger partial charge in [0.1, 0.15) is 5.69 Å². The summed E-state index contributed by atoms with van der Waals surface area (Å²) in [6.07, 6.45) is 0. The standard InChI is InChI=1S/C20H18N3O7S2.2Na.H2O4S/c1-3-32(27,28)16-8-6-14(7-9-16)22-23-19-18(31-30-29-26)10-13-4-5-15(21-12(2)24)11-17(13)20(19)25;;;1-5(2,3)4/h4-11,25-26H,1,3H2,2H3,(H,21,24);;;(H2,1,2,3,4)/q-1;2*+1;/p-2. The number of phenolic OH excluding ortho intramolecular Hbond substituents is 1. The van der Waals surface area contributed by atoms with Gasteiger partial charge in [0.2, 0.25) is 16.3 Å². The number of rotatable bonds is 8. The predicted molar refractivity (Wildman–Crippen MR) is 128 cm³/mol. The summed E-state index contributed by atoms with van der Waals surface area (Å²) in [6, 6.07) is 12.1. The third-order valence-electron chi connectivity index (χ3n) is 4.25. The van der Waals surface area contributed by atoms with Crippen LogP contribution < -0.4 is 69.7 Å². The molecule has 3 N–H and O–H groups in total. The van der Waals surface area contributed by atoms with Crippen LogP contribution in [0.15, 0.2) is 68.6 Å². The Bertz CT molecular complexity index is 1510. The summed E-state index contributed by atoms with van der Waals surface area (Å²) in [5, 5.41) is 36.1. The van der Waals surface area contributed by atoms with Gasteiger partial charge >= 0.3 is 59.1 Å². The van der Waals surface area contributed by atoms with E-state index < -0.39 is 20.2 Å². The van der Waals surface area contributed by atoms with Crippen molar-refractivity contribution >= 4 is 66.0 Å². The molecule has 0 aliphatic heterocycles. The maximum absolute atomic E-state index is 11.9. The molecule has 0 fully saturated rings. The molecule has 39 heavy (non-hydrogen) atoms. The van der Waals surface area contributed by atoms with Crippen LogP contribution in [-0.4, -0.2) is 42.7 Å². The van der Waals surface area contributed by atoms with E-state index >= 15 is 0 Å². The van der Waals surface area contributed by atoms with Gasteiger partial charge in [-0.3, -0.25) is 14.4 Å². The fourth-order valence-electron chi connectivity index (χ4n) is 2.78. The molecule has 0 aliphatic carbocycles. The number of carbonyl (C=O) groups is 1. The first-order valence-corrected chi connectivity index (χ1v) is 13.4. The Balaban J connectivity index is 0.00000189. The molecule has 0 bridgehead atoms. The normalized spacial score (nSPS) is 11.2. The molecule has 0 aliphatic rings. The van der Waals surface area contributed by atoms with Gasteiger partial charge in [0.25, 0.3) is 0 Å². The maximum atomic E-state index is 11.9. The summed E-state index contributed by atoms with van der Waals surface area (Å²) < 4.78 is 61.0. The number of sulfone groups is 1. The van der Waals surface area contributed by atoms with Gasteiger partial charge in [-0.05, 0) is 47.9 Å². The number of fused-ring (bicyclic) bond motifs is 1. The molecule has 19 heteroatoms. The smallest absolute Gasteiger partial charge is 0.726 e. The Kier molecular flexibility index (Phi) is 16.4. The van der Waals surface area contributed by atoms with E-state index in [0.717, 1.165) is 0 Å². The maximum Gasteiger partial charge on any atom is 1.00 e. The van der Waals surface area contributed by atoms with Gasteiger partial charge in [-0.15, -0.1) is 5.11 Å². The molecule has 0 heterocycles. The van der Waals surface area contributed by atoms with Crippen molar-refractivity contribution in [2.75, 3.05) is 11.1 Å². The van der Waals surface area contributed by atoms with Crippen LogP contribution in [0.25, 0.3) is 10.8 Å². The molecule has 0 spiro atoms. The molecular weight excluding hydrogens is 600 g/mol. The molecular formula is C20H18N3Na2O11S3-. The molecule has 3 aromatic rings. The molecule has 1 amide bonds. The number of nitrogens with zero attached hydrogens (tertiary/aromatic N) is 2. The van der Waals surface area contributed by atoms with Gasteiger partial charge in [0.15, 0.2) is 15.6 Å². The van der Waals surface area contributed by atoms with Gasteiger partial charge in [-0.2, -0.15) is 9.45 Å². The van der Waals surface area contributed by atoms with Gasteiger partial charge in [0.05, 0.1) is 27.5 Å². The van der Waals surface area contributed by atoms with E-state index in [1.165, 1.54) is 31.2 Å². The average molecular weight is 619 g/mol. The number of anilines is 1. The second-order valence-corrected chi connectivity index (χ2v) is 10.6. The van der Waals surface area contributed by atoms with Crippen LogP contribution in [0, 0.1) is 6.92 Å². The van der Waals surface area contributed by atoms with Crippen molar-refractivity contribution in [3.05, 3.63) is 55.5 Å². The van der Waals surface area contributed by atoms with E-state index in [-0.39, 0.29) is 92.0 Å². The van der Waals surface area contributed by atoms with Crippen molar-refractivity contribution in [1.82, 2.24) is 0 Å². The number of hydrogen-bond donors (Lipinski definition) is 3. The summed E-state index contributed by atoms with van der Waals surface area (Å²) in [5.74, 6) is -0.824. The quantitative estimate of drug-likeness (QED) is 0.0331. The Morgan fingerprint density at radius 2 is 1.67 bits per heavy atom. The molecule has 0 saturated carbocycles. The van der Waals surface area contributed by atoms with Crippen molar-refractivity contribution in [2.45, 2.75) is 16.7 Å². The number of azo groups is 1. The first-order valence-electron chi connectivity index (χ1n) is 9.67. The third kappa shape index (κ3) is 12.5. The van der Waals surface area contributed by atoms with E-state index in [2.05, 4.69) is 31.8 Å². The zero-order valence-corrected chi connectivity index (χ0v) is 27.2. The Morgan fingerprint density at radius 3 is 2.18 bits per heavy atom. The molecule has 0 aromatic heterocycles. The van der Waals surface area contributed by atoms with E-state index in [1.54, 1.807) is 24.3 Å². The fourth-order valence-corrected chi connectivity index (χ4v) is 4.06. The predicted octanol–water partition coefficient (Wildman–Crippen LogP) is -3.23. The van der Waals surface area contributed by atoms with Crippen molar-refractivity contribution < 1.29 is 110 Å². The monoisotopic (exact) mass is 618 g/mol. The largest absolute Gasteiger partial charge is 1.00 e. The number of phenols is 1. The summed E-state index contributed by atoms with van der Waals surface area (Å²) >= 11 is 0.530. The molecule has 3 aromatic carbocycles. The van der Waals surface area contributed by atoms with Crippen molar-refractivity contribution in [3.63, 3.8) is 0 Å². The van der Waals surface area contributed by atoms with Gasteiger partial charge < -0.3 is 27.2 Å². The molecule has 0 unspecified atom stereocenters. The SMILES string of the molecule is O=S(=O)([O-])O.[CH2-]CS(=O)(=O)c1ccc(N=Nc2c(SOO[O-])cc3ccc(NC(C)=O)cc3c2O)cc1.[Na+].[Na+]. The van der Waals surface area contributed by atoms with Gasteiger partial charge in [-0.25, -0.2) is 16.8 Å². The second-order valence-electron chi connectivity index (χ2n) is 6.85. The summed E-state index contributed by atoms with van der Waals surface area (Å²) in [4.78, 5) is 11.7. The van der Waals surface area contributed by atoms with Crippen LogP contribution in [0.4, 0.5) is 17.1 Å². The number of amides is 1. The summed E-state index contributed by atoms with van der Waals surface area (Å²) in [7, 11) is -8.38. The Labute approximate surface area is 272 Å². The molecule has 200 valence electrons. The van der Waals surface area contributed by atoms with Crippen molar-refractivity contribution in [3.8, 4) is 5.75 Å². The van der Waals surface area contributed by atoms with E-state index in [0.29, 0.717) is 34.2 Å². The summed E-state index contributed by atoms with van der Waals surface area (Å²) in [5.41, 5.74) is 0.760. The topological polar surface area (TPSA) is 227 Å². The molecule has 3 rings (SSSR count). The van der Waals surface area contributed by atoms with Gasteiger partial charge in [-0.1, -0.05) is 11.8 Å². The minimum Gasteiger partial charge on any atom is -0.726 e. The number of nitrogens with one attached hydrogen (secondary N) is 1. The van der Waals surface area contributed by atoms with Crippen molar-refractivity contribution in [2.24, 2.45) is 10.2 Å². The van der Waals surface area contributed by atoms with Crippen molar-refractivity contribution in [1.29, 1.82) is 0 Å². The molecule has 0 atom stereocenters. The number of benzene rings is 3. The van der Waals surface area contributed by atoms with E-state index in [9.17, 15) is 23.6 Å². The van der Waals surface area contributed by atoms with Crippen LogP contribution in [0.3, 0.4) is 0 Å². The van der Waals surface area contributed by atoms with E-state index in [1.807, 2.05) is 0 Å². The first-order chi connectivity index (χ1) is 17.2. The fraction of sp³-hybridized carbons (Fsp3) is 0.100.